The first-order valence-corrected chi connectivity index (χ1v) is 18.4. The summed E-state index contributed by atoms with van der Waals surface area (Å²) in [5, 5.41) is 14.4. The molecule has 0 unspecified atom stereocenters. The first-order valence-electron chi connectivity index (χ1n) is 18.0. The molecule has 1 N–H and O–H groups in total. The normalized spacial score (nSPS) is 13.2. The molecule has 0 fully saturated rings. The third-order valence-corrected chi connectivity index (χ3v) is 10.4. The van der Waals surface area contributed by atoms with Crippen molar-refractivity contribution in [3.8, 4) is 56.5 Å². The van der Waals surface area contributed by atoms with Gasteiger partial charge in [-0.2, -0.15) is 0 Å². The molecule has 10 rings (SSSR count). The number of para-hydroxylation sites is 1. The summed E-state index contributed by atoms with van der Waals surface area (Å²) < 4.78 is 4.04. The highest BCUT2D eigenvalue weighted by Gasteiger charge is 2.23. The summed E-state index contributed by atoms with van der Waals surface area (Å²) in [4.78, 5) is 20.3. The summed E-state index contributed by atoms with van der Waals surface area (Å²) in [7, 11) is 0. The zero-order chi connectivity index (χ0) is 36.9. The van der Waals surface area contributed by atoms with Crippen LogP contribution in [0.1, 0.15) is 11.1 Å². The molecule has 6 nitrogen and oxygen atoms in total. The summed E-state index contributed by atoms with van der Waals surface area (Å²) >= 11 is 4.12. The molecule has 258 valence electrons. The van der Waals surface area contributed by atoms with Crippen LogP contribution in [-0.2, 0) is 0 Å². The molecule has 1 aliphatic carbocycles. The molecule has 0 bridgehead atoms. The van der Waals surface area contributed by atoms with Crippen molar-refractivity contribution in [3.63, 3.8) is 0 Å². The summed E-state index contributed by atoms with van der Waals surface area (Å²) in [5.74, 6) is 1.84. The highest BCUT2D eigenvalue weighted by Crippen LogP contribution is 2.36. The molecular weight excluding hydrogens is 693 g/mol. The zero-order valence-corrected chi connectivity index (χ0v) is 30.2. The minimum absolute atomic E-state index is 0.340. The maximum atomic E-state index is 8.92. The summed E-state index contributed by atoms with van der Waals surface area (Å²) in [6.07, 6.45) is 3.82. The summed E-state index contributed by atoms with van der Waals surface area (Å²) in [6.45, 7) is 0. The predicted octanol–water partition coefficient (Wildman–Crippen LogP) is 11.7. The van der Waals surface area contributed by atoms with E-state index in [1.807, 2.05) is 66.7 Å². The van der Waals surface area contributed by atoms with Gasteiger partial charge in [0.15, 0.2) is 17.5 Å². The number of thiol groups is 1. The third-order valence-electron chi connectivity index (χ3n) is 10.2. The van der Waals surface area contributed by atoms with Gasteiger partial charge in [-0.05, 0) is 81.9 Å². The van der Waals surface area contributed by atoms with Gasteiger partial charge in [-0.15, -0.1) is 0 Å². The van der Waals surface area contributed by atoms with Gasteiger partial charge in [0.2, 0.25) is 0 Å². The van der Waals surface area contributed by atoms with Crippen LogP contribution in [0.25, 0.3) is 95.1 Å². The Morgan fingerprint density at radius 3 is 1.60 bits per heavy atom. The van der Waals surface area contributed by atoms with E-state index in [1.165, 1.54) is 10.8 Å². The SMILES string of the molecule is N=C1/C(=N\S)C=Cc2c(-c3ccc(-c4cccc(-c5nc(-c6ccc7ccccc7c6)nc(-c6ccc7ccccc7c6)n5)c4)cc3)nc3ccccc3c21. The topological polar surface area (TPSA) is 87.8 Å². The van der Waals surface area contributed by atoms with Crippen molar-refractivity contribution in [2.24, 2.45) is 4.40 Å². The molecule has 0 atom stereocenters. The summed E-state index contributed by atoms with van der Waals surface area (Å²) in [5.41, 5.74) is 10.0. The van der Waals surface area contributed by atoms with E-state index in [-0.39, 0.29) is 0 Å². The number of nitrogens with one attached hydrogen (secondary N) is 1. The highest BCUT2D eigenvalue weighted by molar-refractivity contribution is 7.79. The maximum absolute atomic E-state index is 8.92. The van der Waals surface area contributed by atoms with Gasteiger partial charge in [0.1, 0.15) is 0 Å². The average molecular weight is 723 g/mol. The number of pyridine rings is 1. The van der Waals surface area contributed by atoms with Crippen molar-refractivity contribution in [3.05, 3.63) is 175 Å². The van der Waals surface area contributed by atoms with E-state index in [0.717, 1.165) is 71.9 Å². The van der Waals surface area contributed by atoms with Gasteiger partial charge >= 0.3 is 0 Å². The molecule has 0 saturated heterocycles. The molecule has 1 aliphatic rings. The van der Waals surface area contributed by atoms with Crippen LogP contribution in [0, 0.1) is 5.41 Å². The molecule has 2 aromatic heterocycles. The van der Waals surface area contributed by atoms with Crippen molar-refractivity contribution in [2.75, 3.05) is 0 Å². The predicted molar refractivity (Wildman–Crippen MR) is 230 cm³/mol. The molecule has 2 heterocycles. The van der Waals surface area contributed by atoms with Gasteiger partial charge < -0.3 is 0 Å². The number of benzene rings is 7. The van der Waals surface area contributed by atoms with Crippen molar-refractivity contribution in [2.45, 2.75) is 0 Å². The van der Waals surface area contributed by atoms with Crippen molar-refractivity contribution < 1.29 is 0 Å². The smallest absolute Gasteiger partial charge is 0.164 e. The molecule has 7 aromatic carbocycles. The highest BCUT2D eigenvalue weighted by atomic mass is 32.1. The Balaban J connectivity index is 1.06. The Labute approximate surface area is 322 Å². The van der Waals surface area contributed by atoms with Crippen LogP contribution in [0.4, 0.5) is 0 Å². The Morgan fingerprint density at radius 1 is 0.436 bits per heavy atom. The standard InChI is InChI=1S/C48H30N6S/c49-44-42(54-55)25-24-40-43(44)39-14-5-6-15-41(39)50-45(40)32-20-16-31(17-21-32)35-12-7-13-36(26-35)46-51-47(37-22-18-29-8-1-3-10-33(29)27-37)53-48(52-46)38-23-19-30-9-2-4-11-34(30)28-38/h1-28,49,55H/b49-44?,54-42-. The number of rotatable bonds is 5. The van der Waals surface area contributed by atoms with E-state index >= 15 is 0 Å². The zero-order valence-electron chi connectivity index (χ0n) is 29.3. The van der Waals surface area contributed by atoms with Crippen molar-refractivity contribution >= 4 is 62.8 Å². The van der Waals surface area contributed by atoms with E-state index in [2.05, 4.69) is 120 Å². The quantitative estimate of drug-likeness (QED) is 0.173. The fourth-order valence-corrected chi connectivity index (χ4v) is 7.58. The molecule has 0 aliphatic heterocycles. The van der Waals surface area contributed by atoms with Gasteiger partial charge in [0, 0.05) is 38.8 Å². The number of fused-ring (bicyclic) bond motifs is 5. The lowest BCUT2D eigenvalue weighted by molar-refractivity contribution is 1.08. The second-order valence-electron chi connectivity index (χ2n) is 13.5. The van der Waals surface area contributed by atoms with Gasteiger partial charge in [-0.3, -0.25) is 5.41 Å². The second kappa shape index (κ2) is 13.4. The van der Waals surface area contributed by atoms with Gasteiger partial charge in [-0.25, -0.2) is 24.3 Å². The Hall–Kier alpha value is -7.09. The van der Waals surface area contributed by atoms with E-state index < -0.39 is 0 Å². The minimum atomic E-state index is 0.340. The van der Waals surface area contributed by atoms with Crippen LogP contribution >= 0.6 is 12.8 Å². The molecule has 0 spiro atoms. The summed E-state index contributed by atoms with van der Waals surface area (Å²) in [6, 6.07) is 54.0. The van der Waals surface area contributed by atoms with Gasteiger partial charge in [0.05, 0.1) is 22.6 Å². The van der Waals surface area contributed by atoms with Crippen molar-refractivity contribution in [1.29, 1.82) is 5.41 Å². The molecular formula is C48H30N6S. The number of hydrogen-bond donors (Lipinski definition) is 2. The van der Waals surface area contributed by atoms with E-state index in [9.17, 15) is 0 Å². The molecule has 0 amide bonds. The van der Waals surface area contributed by atoms with Crippen LogP contribution in [0.3, 0.4) is 0 Å². The lowest BCUT2D eigenvalue weighted by Gasteiger charge is -2.19. The van der Waals surface area contributed by atoms with E-state index in [4.69, 9.17) is 25.3 Å². The molecule has 0 saturated carbocycles. The molecule has 0 radical (unpaired) electrons. The Morgan fingerprint density at radius 2 is 0.964 bits per heavy atom. The fraction of sp³-hybridized carbons (Fsp3) is 0. The molecule has 7 heteroatoms. The van der Waals surface area contributed by atoms with E-state index in [1.54, 1.807) is 0 Å². The minimum Gasteiger partial charge on any atom is -0.298 e. The lowest BCUT2D eigenvalue weighted by Crippen LogP contribution is -2.18. The number of nitrogens with zero attached hydrogens (tertiary/aromatic N) is 5. The van der Waals surface area contributed by atoms with Crippen molar-refractivity contribution in [1.82, 2.24) is 19.9 Å². The van der Waals surface area contributed by atoms with Gasteiger partial charge in [-0.1, -0.05) is 133 Å². The lowest BCUT2D eigenvalue weighted by atomic mass is 9.88. The number of hydrogen-bond acceptors (Lipinski definition) is 7. The number of allylic oxidation sites excluding steroid dienone is 1. The monoisotopic (exact) mass is 722 g/mol. The Kier molecular flexibility index (Phi) is 7.93. The Bertz CT molecular complexity index is 2980. The average Bonchev–Trinajstić information content (AvgIpc) is 3.25. The van der Waals surface area contributed by atoms with Crippen LogP contribution in [0.15, 0.2) is 168 Å². The number of aromatic nitrogens is 4. The van der Waals surface area contributed by atoms with Gasteiger partial charge in [0.25, 0.3) is 0 Å². The van der Waals surface area contributed by atoms with Crippen LogP contribution in [-0.4, -0.2) is 31.4 Å². The molecule has 9 aromatic rings. The van der Waals surface area contributed by atoms with Crippen LogP contribution in [0.2, 0.25) is 0 Å². The van der Waals surface area contributed by atoms with E-state index in [0.29, 0.717) is 28.9 Å². The fourth-order valence-electron chi connectivity index (χ4n) is 7.41. The first kappa shape index (κ1) is 32.6. The van der Waals surface area contributed by atoms with Crippen LogP contribution < -0.4 is 0 Å². The molecule has 55 heavy (non-hydrogen) atoms. The van der Waals surface area contributed by atoms with Crippen LogP contribution in [0.5, 0.6) is 0 Å². The largest absolute Gasteiger partial charge is 0.298 e. The maximum Gasteiger partial charge on any atom is 0.164 e. The second-order valence-corrected chi connectivity index (χ2v) is 13.7. The third kappa shape index (κ3) is 5.87. The first-order chi connectivity index (χ1) is 27.1.